The van der Waals surface area contributed by atoms with Crippen molar-refractivity contribution < 1.29 is 12.8 Å². The molecule has 0 amide bonds. The number of aromatic nitrogens is 4. The Bertz CT molecular complexity index is 1210. The lowest BCUT2D eigenvalue weighted by Gasteiger charge is -2.11. The van der Waals surface area contributed by atoms with Crippen molar-refractivity contribution in [3.05, 3.63) is 78.6 Å². The number of nitrogens with zero attached hydrogens (tertiary/aromatic N) is 3. The minimum Gasteiger partial charge on any atom is -0.277 e. The number of nitrogens with one attached hydrogen (secondary N) is 2. The Morgan fingerprint density at radius 1 is 0.857 bits per heavy atom. The largest absolute Gasteiger partial charge is 0.277 e. The number of hydrogen-bond acceptors (Lipinski definition) is 5. The maximum atomic E-state index is 14.3. The summed E-state index contributed by atoms with van der Waals surface area (Å²) in [4.78, 5) is -0.0423. The van der Waals surface area contributed by atoms with Gasteiger partial charge in [0.2, 0.25) is 5.82 Å². The first-order valence-corrected chi connectivity index (χ1v) is 9.73. The highest BCUT2D eigenvalue weighted by Gasteiger charge is 2.18. The number of halogens is 1. The van der Waals surface area contributed by atoms with Gasteiger partial charge in [-0.25, -0.2) is 12.8 Å². The summed E-state index contributed by atoms with van der Waals surface area (Å²) in [7, 11) is -4.02. The van der Waals surface area contributed by atoms with E-state index in [-0.39, 0.29) is 16.4 Å². The van der Waals surface area contributed by atoms with Gasteiger partial charge in [-0.3, -0.25) is 4.72 Å². The second-order valence-electron chi connectivity index (χ2n) is 5.93. The van der Waals surface area contributed by atoms with Crippen LogP contribution < -0.4 is 4.72 Å². The average molecular weight is 395 g/mol. The van der Waals surface area contributed by atoms with Crippen LogP contribution >= 0.6 is 0 Å². The first-order chi connectivity index (χ1) is 13.5. The fourth-order valence-corrected chi connectivity index (χ4v) is 3.81. The Hall–Kier alpha value is -3.59. The highest BCUT2D eigenvalue weighted by molar-refractivity contribution is 7.92. The molecule has 0 aliphatic heterocycles. The van der Waals surface area contributed by atoms with Crippen LogP contribution in [-0.2, 0) is 10.0 Å². The number of hydrogen-bond donors (Lipinski definition) is 2. The van der Waals surface area contributed by atoms with Crippen molar-refractivity contribution in [2.45, 2.75) is 4.90 Å². The Morgan fingerprint density at radius 3 is 2.39 bits per heavy atom. The van der Waals surface area contributed by atoms with Crippen LogP contribution in [0.15, 0.2) is 77.7 Å². The maximum Gasteiger partial charge on any atom is 0.262 e. The van der Waals surface area contributed by atoms with Crippen LogP contribution in [0.2, 0.25) is 0 Å². The molecule has 140 valence electrons. The van der Waals surface area contributed by atoms with Crippen molar-refractivity contribution in [1.29, 1.82) is 0 Å². The number of tetrazole rings is 1. The molecule has 0 saturated heterocycles. The normalized spacial score (nSPS) is 11.3. The second kappa shape index (κ2) is 7.20. The van der Waals surface area contributed by atoms with E-state index in [1.807, 2.05) is 30.3 Å². The Kier molecular flexibility index (Phi) is 4.58. The molecule has 0 unspecified atom stereocenters. The monoisotopic (exact) mass is 395 g/mol. The summed E-state index contributed by atoms with van der Waals surface area (Å²) in [5.41, 5.74) is 1.88. The topological polar surface area (TPSA) is 101 Å². The van der Waals surface area contributed by atoms with Gasteiger partial charge in [-0.2, -0.15) is 5.21 Å². The van der Waals surface area contributed by atoms with E-state index in [2.05, 4.69) is 25.3 Å². The molecule has 0 fully saturated rings. The van der Waals surface area contributed by atoms with E-state index in [1.54, 1.807) is 18.2 Å². The molecule has 0 saturated carbocycles. The predicted octanol–water partition coefficient (Wildman–Crippen LogP) is 3.47. The summed E-state index contributed by atoms with van der Waals surface area (Å²) in [5, 5.41) is 13.4. The van der Waals surface area contributed by atoms with Gasteiger partial charge in [-0.15, -0.1) is 10.2 Å². The summed E-state index contributed by atoms with van der Waals surface area (Å²) >= 11 is 0. The molecular weight excluding hydrogens is 381 g/mol. The first kappa shape index (κ1) is 17.8. The summed E-state index contributed by atoms with van der Waals surface area (Å²) in [6.07, 6.45) is 0. The van der Waals surface area contributed by atoms with E-state index < -0.39 is 15.8 Å². The number of H-pyrrole nitrogens is 1. The van der Waals surface area contributed by atoms with Crippen LogP contribution in [0, 0.1) is 5.82 Å². The van der Waals surface area contributed by atoms with Crippen LogP contribution in [0.4, 0.5) is 10.1 Å². The minimum absolute atomic E-state index is 0.0423. The molecule has 1 heterocycles. The number of anilines is 1. The lowest BCUT2D eigenvalue weighted by molar-refractivity contribution is 0.598. The molecule has 3 aromatic carbocycles. The standard InChI is InChI=1S/C19H14FN5O2S/c20-17-10-9-14(13-5-2-1-3-6-13)12-18(17)23-28(26,27)16-8-4-7-15(11-16)19-21-24-25-22-19/h1-12,23H,(H,21,22,24,25). The van der Waals surface area contributed by atoms with Gasteiger partial charge in [0.25, 0.3) is 10.0 Å². The number of rotatable bonds is 5. The number of aromatic amines is 1. The zero-order valence-corrected chi connectivity index (χ0v) is 15.2. The van der Waals surface area contributed by atoms with Gasteiger partial charge in [0.1, 0.15) is 5.82 Å². The Labute approximate surface area is 160 Å². The lowest BCUT2D eigenvalue weighted by atomic mass is 10.1. The average Bonchev–Trinajstić information content (AvgIpc) is 3.25. The van der Waals surface area contributed by atoms with E-state index in [1.165, 1.54) is 24.3 Å². The van der Waals surface area contributed by atoms with Gasteiger partial charge in [0, 0.05) is 5.56 Å². The van der Waals surface area contributed by atoms with E-state index in [9.17, 15) is 12.8 Å². The fourth-order valence-electron chi connectivity index (χ4n) is 2.70. The smallest absolute Gasteiger partial charge is 0.262 e. The molecule has 0 aliphatic rings. The zero-order valence-electron chi connectivity index (χ0n) is 14.4. The first-order valence-electron chi connectivity index (χ1n) is 8.25. The van der Waals surface area contributed by atoms with Gasteiger partial charge in [-0.05, 0) is 40.6 Å². The predicted molar refractivity (Wildman–Crippen MR) is 102 cm³/mol. The highest BCUT2D eigenvalue weighted by atomic mass is 32.2. The van der Waals surface area contributed by atoms with Crippen molar-refractivity contribution >= 4 is 15.7 Å². The minimum atomic E-state index is -4.02. The molecule has 28 heavy (non-hydrogen) atoms. The zero-order chi connectivity index (χ0) is 19.6. The summed E-state index contributed by atoms with van der Waals surface area (Å²) in [6, 6.07) is 19.6. The molecular formula is C19H14FN5O2S. The van der Waals surface area contributed by atoms with Gasteiger partial charge in [0.05, 0.1) is 10.6 Å². The fraction of sp³-hybridized carbons (Fsp3) is 0. The van der Waals surface area contributed by atoms with E-state index >= 15 is 0 Å². The van der Waals surface area contributed by atoms with Crippen LogP contribution in [-0.4, -0.2) is 29.0 Å². The number of sulfonamides is 1. The Balaban J connectivity index is 1.68. The molecule has 0 radical (unpaired) electrons. The second-order valence-corrected chi connectivity index (χ2v) is 7.61. The third-order valence-corrected chi connectivity index (χ3v) is 5.43. The van der Waals surface area contributed by atoms with Crippen LogP contribution in [0.1, 0.15) is 0 Å². The molecule has 0 spiro atoms. The van der Waals surface area contributed by atoms with Crippen molar-refractivity contribution in [2.75, 3.05) is 4.72 Å². The molecule has 0 bridgehead atoms. The van der Waals surface area contributed by atoms with Crippen molar-refractivity contribution in [2.24, 2.45) is 0 Å². The van der Waals surface area contributed by atoms with Gasteiger partial charge >= 0.3 is 0 Å². The van der Waals surface area contributed by atoms with Gasteiger partial charge < -0.3 is 0 Å². The van der Waals surface area contributed by atoms with Crippen molar-refractivity contribution in [3.63, 3.8) is 0 Å². The maximum absolute atomic E-state index is 14.3. The molecule has 4 rings (SSSR count). The summed E-state index contributed by atoms with van der Waals surface area (Å²) in [5.74, 6) is -0.410. The van der Waals surface area contributed by atoms with Gasteiger partial charge in [-0.1, -0.05) is 48.5 Å². The van der Waals surface area contributed by atoms with E-state index in [0.29, 0.717) is 11.1 Å². The molecule has 4 aromatic rings. The highest BCUT2D eigenvalue weighted by Crippen LogP contribution is 2.27. The van der Waals surface area contributed by atoms with Crippen LogP contribution in [0.5, 0.6) is 0 Å². The van der Waals surface area contributed by atoms with Crippen molar-refractivity contribution in [3.8, 4) is 22.5 Å². The van der Waals surface area contributed by atoms with E-state index in [4.69, 9.17) is 0 Å². The molecule has 0 aliphatic carbocycles. The third kappa shape index (κ3) is 3.60. The Morgan fingerprint density at radius 2 is 1.64 bits per heavy atom. The van der Waals surface area contributed by atoms with E-state index in [0.717, 1.165) is 5.56 Å². The van der Waals surface area contributed by atoms with Crippen LogP contribution in [0.25, 0.3) is 22.5 Å². The SMILES string of the molecule is O=S(=O)(Nc1cc(-c2ccccc2)ccc1F)c1cccc(-c2nn[nH]n2)c1. The van der Waals surface area contributed by atoms with Crippen molar-refractivity contribution in [1.82, 2.24) is 20.6 Å². The summed E-state index contributed by atoms with van der Waals surface area (Å²) < 4.78 is 42.2. The quantitative estimate of drug-likeness (QED) is 0.539. The van der Waals surface area contributed by atoms with Gasteiger partial charge in [0.15, 0.2) is 0 Å². The molecule has 2 N–H and O–H groups in total. The molecule has 0 atom stereocenters. The molecule has 9 heteroatoms. The molecule has 7 nitrogen and oxygen atoms in total. The summed E-state index contributed by atoms with van der Waals surface area (Å²) in [6.45, 7) is 0. The number of benzene rings is 3. The molecule has 1 aromatic heterocycles. The van der Waals surface area contributed by atoms with Crippen LogP contribution in [0.3, 0.4) is 0 Å². The lowest BCUT2D eigenvalue weighted by Crippen LogP contribution is -2.14. The third-order valence-electron chi connectivity index (χ3n) is 4.07.